The molecule has 18 heavy (non-hydrogen) atoms. The number of carboxylic acid groups (broad SMARTS) is 1. The molecule has 0 amide bonds. The van der Waals surface area contributed by atoms with Gasteiger partial charge in [-0.05, 0) is 19.3 Å². The van der Waals surface area contributed by atoms with E-state index in [-0.39, 0.29) is 0 Å². The normalized spacial score (nSPS) is 22.9. The monoisotopic (exact) mass is 265 g/mol. The second-order valence-electron chi connectivity index (χ2n) is 4.60. The van der Waals surface area contributed by atoms with Crippen LogP contribution < -0.4 is 4.90 Å². The van der Waals surface area contributed by atoms with Crippen LogP contribution in [0.2, 0.25) is 0 Å². The number of carbonyl (C=O) groups is 1. The third-order valence-electron chi connectivity index (χ3n) is 3.54. The fourth-order valence-corrected chi connectivity index (χ4v) is 3.69. The van der Waals surface area contributed by atoms with Crippen molar-refractivity contribution in [3.8, 4) is 0 Å². The van der Waals surface area contributed by atoms with E-state index in [9.17, 15) is 9.90 Å². The predicted molar refractivity (Wildman–Crippen MR) is 70.2 cm³/mol. The van der Waals surface area contributed by atoms with Crippen LogP contribution in [-0.2, 0) is 17.6 Å². The molecule has 3 rings (SSSR count). The van der Waals surface area contributed by atoms with E-state index < -0.39 is 12.0 Å². The standard InChI is InChI=1S/C12H15N3O2S/c16-12(17)10-6-18-5-4-15(10)11-8-2-1-3-9(8)13-7-14-11/h7,10H,1-6H2,(H,16,17). The number of anilines is 1. The molecule has 0 saturated carbocycles. The number of aromatic nitrogens is 2. The highest BCUT2D eigenvalue weighted by Gasteiger charge is 2.32. The van der Waals surface area contributed by atoms with E-state index in [0.717, 1.165) is 48.6 Å². The third-order valence-corrected chi connectivity index (χ3v) is 4.56. The van der Waals surface area contributed by atoms with Crippen molar-refractivity contribution >= 4 is 23.5 Å². The Kier molecular flexibility index (Phi) is 3.11. The summed E-state index contributed by atoms with van der Waals surface area (Å²) in [5, 5.41) is 9.32. The maximum Gasteiger partial charge on any atom is 0.327 e. The van der Waals surface area contributed by atoms with Gasteiger partial charge in [0.05, 0.1) is 0 Å². The molecule has 1 aliphatic heterocycles. The van der Waals surface area contributed by atoms with Crippen LogP contribution in [0.3, 0.4) is 0 Å². The molecule has 0 spiro atoms. The summed E-state index contributed by atoms with van der Waals surface area (Å²) in [6, 6.07) is -0.455. The highest BCUT2D eigenvalue weighted by molar-refractivity contribution is 7.99. The van der Waals surface area contributed by atoms with Crippen LogP contribution in [0.25, 0.3) is 0 Å². The zero-order valence-corrected chi connectivity index (χ0v) is 10.8. The van der Waals surface area contributed by atoms with E-state index in [1.165, 1.54) is 0 Å². The first-order chi connectivity index (χ1) is 8.77. The summed E-state index contributed by atoms with van der Waals surface area (Å²) in [6.45, 7) is 0.755. The smallest absolute Gasteiger partial charge is 0.327 e. The van der Waals surface area contributed by atoms with Crippen LogP contribution in [0.4, 0.5) is 5.82 Å². The van der Waals surface area contributed by atoms with Crippen LogP contribution in [0.15, 0.2) is 6.33 Å². The zero-order valence-electron chi connectivity index (χ0n) is 10.0. The van der Waals surface area contributed by atoms with Crippen LogP contribution in [0.1, 0.15) is 17.7 Å². The molecule has 0 bridgehead atoms. The number of hydrogen-bond donors (Lipinski definition) is 1. The fourth-order valence-electron chi connectivity index (χ4n) is 2.65. The number of rotatable bonds is 2. The van der Waals surface area contributed by atoms with Gasteiger partial charge in [0.1, 0.15) is 18.2 Å². The molecule has 1 unspecified atom stereocenters. The Morgan fingerprint density at radius 2 is 2.33 bits per heavy atom. The van der Waals surface area contributed by atoms with Gasteiger partial charge in [-0.1, -0.05) is 0 Å². The Bertz CT molecular complexity index is 480. The molecule has 0 radical (unpaired) electrons. The molecule has 1 aromatic heterocycles. The summed E-state index contributed by atoms with van der Waals surface area (Å²) in [5.74, 6) is 1.69. The van der Waals surface area contributed by atoms with E-state index in [4.69, 9.17) is 0 Å². The summed E-state index contributed by atoms with van der Waals surface area (Å²) in [7, 11) is 0. The van der Waals surface area contributed by atoms with Gasteiger partial charge in [0.2, 0.25) is 0 Å². The highest BCUT2D eigenvalue weighted by Crippen LogP contribution is 2.31. The topological polar surface area (TPSA) is 66.3 Å². The minimum absolute atomic E-state index is 0.455. The molecule has 1 fully saturated rings. The average Bonchev–Trinajstić information content (AvgIpc) is 2.86. The summed E-state index contributed by atoms with van der Waals surface area (Å²) in [5.41, 5.74) is 2.26. The van der Waals surface area contributed by atoms with Crippen molar-refractivity contribution in [1.82, 2.24) is 9.97 Å². The molecule has 1 saturated heterocycles. The largest absolute Gasteiger partial charge is 0.480 e. The van der Waals surface area contributed by atoms with Crippen LogP contribution in [-0.4, -0.2) is 45.1 Å². The summed E-state index contributed by atoms with van der Waals surface area (Å²) >= 11 is 1.70. The lowest BCUT2D eigenvalue weighted by molar-refractivity contribution is -0.138. The molecule has 1 aliphatic carbocycles. The third kappa shape index (κ3) is 1.94. The molecule has 6 heteroatoms. The summed E-state index contributed by atoms with van der Waals surface area (Å²) in [6.07, 6.45) is 4.63. The number of thioether (sulfide) groups is 1. The Morgan fingerprint density at radius 1 is 1.44 bits per heavy atom. The molecular weight excluding hydrogens is 250 g/mol. The Morgan fingerprint density at radius 3 is 3.17 bits per heavy atom. The van der Waals surface area contributed by atoms with Gasteiger partial charge in [0.25, 0.3) is 0 Å². The van der Waals surface area contributed by atoms with Crippen LogP contribution in [0.5, 0.6) is 0 Å². The van der Waals surface area contributed by atoms with Gasteiger partial charge >= 0.3 is 5.97 Å². The molecule has 1 aromatic rings. The summed E-state index contributed by atoms with van der Waals surface area (Å²) < 4.78 is 0. The van der Waals surface area contributed by atoms with Gasteiger partial charge in [-0.2, -0.15) is 11.8 Å². The van der Waals surface area contributed by atoms with Crippen molar-refractivity contribution in [1.29, 1.82) is 0 Å². The maximum absolute atomic E-state index is 11.3. The number of aliphatic carboxylic acids is 1. The molecule has 1 atom stereocenters. The van der Waals surface area contributed by atoms with Crippen molar-refractivity contribution in [2.45, 2.75) is 25.3 Å². The van der Waals surface area contributed by atoms with Crippen molar-refractivity contribution in [2.24, 2.45) is 0 Å². The molecule has 2 heterocycles. The lowest BCUT2D eigenvalue weighted by atomic mass is 10.2. The number of aryl methyl sites for hydroxylation is 1. The number of nitrogens with zero attached hydrogens (tertiary/aromatic N) is 3. The first-order valence-electron chi connectivity index (χ1n) is 6.17. The zero-order chi connectivity index (χ0) is 12.5. The van der Waals surface area contributed by atoms with E-state index in [0.29, 0.717) is 5.75 Å². The minimum Gasteiger partial charge on any atom is -0.480 e. The van der Waals surface area contributed by atoms with Gasteiger partial charge in [0, 0.05) is 29.3 Å². The molecule has 2 aliphatic rings. The maximum atomic E-state index is 11.3. The van der Waals surface area contributed by atoms with Gasteiger partial charge in [-0.15, -0.1) is 0 Å². The van der Waals surface area contributed by atoms with Crippen molar-refractivity contribution in [3.05, 3.63) is 17.6 Å². The van der Waals surface area contributed by atoms with E-state index in [2.05, 4.69) is 9.97 Å². The van der Waals surface area contributed by atoms with Crippen LogP contribution in [0, 0.1) is 0 Å². The predicted octanol–water partition coefficient (Wildman–Crippen LogP) is 0.972. The molecule has 5 nitrogen and oxygen atoms in total. The second kappa shape index (κ2) is 4.76. The quantitative estimate of drug-likeness (QED) is 0.859. The first kappa shape index (κ1) is 11.8. The highest BCUT2D eigenvalue weighted by atomic mass is 32.2. The Hall–Kier alpha value is -1.30. The second-order valence-corrected chi connectivity index (χ2v) is 5.75. The van der Waals surface area contributed by atoms with Gasteiger partial charge in [-0.25, -0.2) is 14.8 Å². The SMILES string of the molecule is O=C(O)C1CSCCN1c1ncnc2c1CCC2. The molecular formula is C12H15N3O2S. The van der Waals surface area contributed by atoms with E-state index >= 15 is 0 Å². The van der Waals surface area contributed by atoms with Gasteiger partial charge < -0.3 is 10.0 Å². The van der Waals surface area contributed by atoms with E-state index in [1.807, 2.05) is 4.90 Å². The Balaban J connectivity index is 1.98. The fraction of sp³-hybridized carbons (Fsp3) is 0.583. The van der Waals surface area contributed by atoms with Crippen LogP contribution >= 0.6 is 11.8 Å². The molecule has 1 N–H and O–H groups in total. The lowest BCUT2D eigenvalue weighted by Crippen LogP contribution is -2.48. The number of fused-ring (bicyclic) bond motifs is 1. The summed E-state index contributed by atoms with van der Waals surface area (Å²) in [4.78, 5) is 21.9. The van der Waals surface area contributed by atoms with Gasteiger partial charge in [-0.3, -0.25) is 0 Å². The average molecular weight is 265 g/mol. The number of carboxylic acids is 1. The minimum atomic E-state index is -0.757. The number of hydrogen-bond acceptors (Lipinski definition) is 5. The lowest BCUT2D eigenvalue weighted by Gasteiger charge is -2.34. The Labute approximate surface area is 110 Å². The molecule has 0 aromatic carbocycles. The van der Waals surface area contributed by atoms with Crippen molar-refractivity contribution in [2.75, 3.05) is 23.0 Å². The van der Waals surface area contributed by atoms with E-state index in [1.54, 1.807) is 18.1 Å². The van der Waals surface area contributed by atoms with Crippen molar-refractivity contribution in [3.63, 3.8) is 0 Å². The van der Waals surface area contributed by atoms with Crippen molar-refractivity contribution < 1.29 is 9.90 Å². The van der Waals surface area contributed by atoms with Gasteiger partial charge in [0.15, 0.2) is 0 Å². The first-order valence-corrected chi connectivity index (χ1v) is 7.33. The molecule has 96 valence electrons.